The van der Waals surface area contributed by atoms with E-state index in [1.807, 2.05) is 26.2 Å². The highest BCUT2D eigenvalue weighted by Gasteiger charge is 1.91. The van der Waals surface area contributed by atoms with Gasteiger partial charge in [-0.1, -0.05) is 60.7 Å². The summed E-state index contributed by atoms with van der Waals surface area (Å²) in [5, 5.41) is 2.75. The zero-order chi connectivity index (χ0) is 10.9. The molecular weight excluding hydrogens is 198 g/mol. The molecule has 2 heteroatoms. The average molecular weight is 217 g/mol. The van der Waals surface area contributed by atoms with E-state index < -0.39 is 0 Å². The highest BCUT2D eigenvalue weighted by molar-refractivity contribution is 5.62. The normalized spacial score (nSPS) is 8.38. The molecule has 2 rings (SSSR count). The SMILES string of the molecule is CNC.O.c1ccc(-c2ccccc2)cc1. The van der Waals surface area contributed by atoms with Crippen LogP contribution in [0.2, 0.25) is 0 Å². The summed E-state index contributed by atoms with van der Waals surface area (Å²) in [5.74, 6) is 0. The van der Waals surface area contributed by atoms with Gasteiger partial charge >= 0.3 is 0 Å². The summed E-state index contributed by atoms with van der Waals surface area (Å²) >= 11 is 0. The van der Waals surface area contributed by atoms with Crippen molar-refractivity contribution in [3.8, 4) is 11.1 Å². The second kappa shape index (κ2) is 8.65. The van der Waals surface area contributed by atoms with Gasteiger partial charge in [-0.05, 0) is 25.2 Å². The lowest BCUT2D eigenvalue weighted by Crippen LogP contribution is -1.89. The van der Waals surface area contributed by atoms with E-state index in [0.717, 1.165) is 0 Å². The van der Waals surface area contributed by atoms with Crippen LogP contribution in [-0.2, 0) is 0 Å². The van der Waals surface area contributed by atoms with Gasteiger partial charge in [0.15, 0.2) is 0 Å². The Morgan fingerprint density at radius 3 is 1.12 bits per heavy atom. The van der Waals surface area contributed by atoms with Crippen molar-refractivity contribution in [3.05, 3.63) is 60.7 Å². The van der Waals surface area contributed by atoms with Gasteiger partial charge < -0.3 is 10.8 Å². The molecule has 0 heterocycles. The first-order valence-electron chi connectivity index (χ1n) is 5.07. The maximum atomic E-state index is 2.75. The summed E-state index contributed by atoms with van der Waals surface area (Å²) in [6, 6.07) is 20.8. The molecule has 0 fully saturated rings. The minimum absolute atomic E-state index is 0. The molecule has 0 radical (unpaired) electrons. The van der Waals surface area contributed by atoms with Crippen molar-refractivity contribution in [2.24, 2.45) is 0 Å². The molecule has 0 saturated carbocycles. The fourth-order valence-electron chi connectivity index (χ4n) is 1.26. The van der Waals surface area contributed by atoms with Gasteiger partial charge in [0, 0.05) is 0 Å². The number of rotatable bonds is 1. The summed E-state index contributed by atoms with van der Waals surface area (Å²) in [5.41, 5.74) is 2.55. The van der Waals surface area contributed by atoms with Gasteiger partial charge in [-0.2, -0.15) is 0 Å². The van der Waals surface area contributed by atoms with Crippen molar-refractivity contribution < 1.29 is 5.48 Å². The van der Waals surface area contributed by atoms with Crippen molar-refractivity contribution in [2.75, 3.05) is 14.1 Å². The highest BCUT2D eigenvalue weighted by Crippen LogP contribution is 2.17. The molecule has 2 aromatic rings. The molecule has 2 nitrogen and oxygen atoms in total. The molecule has 0 unspecified atom stereocenters. The second-order valence-corrected chi connectivity index (χ2v) is 3.23. The van der Waals surface area contributed by atoms with Crippen LogP contribution in [0.4, 0.5) is 0 Å². The zero-order valence-corrected chi connectivity index (χ0v) is 9.77. The third-order valence-corrected chi connectivity index (χ3v) is 1.88. The lowest BCUT2D eigenvalue weighted by Gasteiger charge is -1.98. The van der Waals surface area contributed by atoms with Crippen molar-refractivity contribution in [2.45, 2.75) is 0 Å². The predicted octanol–water partition coefficient (Wildman–Crippen LogP) is 2.36. The molecule has 86 valence electrons. The van der Waals surface area contributed by atoms with E-state index in [4.69, 9.17) is 0 Å². The van der Waals surface area contributed by atoms with E-state index in [1.165, 1.54) is 11.1 Å². The summed E-state index contributed by atoms with van der Waals surface area (Å²) in [7, 11) is 3.75. The highest BCUT2D eigenvalue weighted by atomic mass is 16.0. The van der Waals surface area contributed by atoms with Crippen LogP contribution in [0.25, 0.3) is 11.1 Å². The van der Waals surface area contributed by atoms with Crippen molar-refractivity contribution in [3.63, 3.8) is 0 Å². The molecule has 16 heavy (non-hydrogen) atoms. The molecule has 0 bridgehead atoms. The summed E-state index contributed by atoms with van der Waals surface area (Å²) < 4.78 is 0. The zero-order valence-electron chi connectivity index (χ0n) is 9.77. The predicted molar refractivity (Wildman–Crippen MR) is 70.5 cm³/mol. The van der Waals surface area contributed by atoms with Gasteiger partial charge in [-0.3, -0.25) is 0 Å². The van der Waals surface area contributed by atoms with Crippen molar-refractivity contribution in [1.29, 1.82) is 0 Å². The molecular formula is C14H19NO. The quantitative estimate of drug-likeness (QED) is 0.783. The number of hydrogen-bond donors (Lipinski definition) is 1. The molecule has 3 N–H and O–H groups in total. The van der Waals surface area contributed by atoms with Gasteiger partial charge in [-0.15, -0.1) is 0 Å². The van der Waals surface area contributed by atoms with Crippen LogP contribution < -0.4 is 5.32 Å². The Kier molecular flexibility index (Phi) is 7.76. The Bertz CT molecular complexity index is 322. The Morgan fingerprint density at radius 1 is 0.625 bits per heavy atom. The van der Waals surface area contributed by atoms with Crippen LogP contribution >= 0.6 is 0 Å². The smallest absolute Gasteiger partial charge is 0.0167 e. The summed E-state index contributed by atoms with van der Waals surface area (Å²) in [6.45, 7) is 0. The maximum absolute atomic E-state index is 2.75. The Balaban J connectivity index is 0.000000511. The lowest BCUT2D eigenvalue weighted by atomic mass is 10.1. The Hall–Kier alpha value is -1.64. The van der Waals surface area contributed by atoms with E-state index in [0.29, 0.717) is 0 Å². The van der Waals surface area contributed by atoms with E-state index in [-0.39, 0.29) is 5.48 Å². The Morgan fingerprint density at radius 2 is 0.875 bits per heavy atom. The third-order valence-electron chi connectivity index (χ3n) is 1.88. The first-order valence-corrected chi connectivity index (χ1v) is 5.07. The minimum Gasteiger partial charge on any atom is -0.412 e. The average Bonchev–Trinajstić information content (AvgIpc) is 2.32. The molecule has 0 aromatic heterocycles. The van der Waals surface area contributed by atoms with Crippen molar-refractivity contribution >= 4 is 0 Å². The van der Waals surface area contributed by atoms with Crippen LogP contribution in [0.5, 0.6) is 0 Å². The van der Waals surface area contributed by atoms with E-state index in [2.05, 4.69) is 53.8 Å². The largest absolute Gasteiger partial charge is 0.412 e. The second-order valence-electron chi connectivity index (χ2n) is 3.23. The van der Waals surface area contributed by atoms with Gasteiger partial charge in [-0.25, -0.2) is 0 Å². The molecule has 0 aliphatic rings. The van der Waals surface area contributed by atoms with E-state index in [1.54, 1.807) is 0 Å². The summed E-state index contributed by atoms with van der Waals surface area (Å²) in [4.78, 5) is 0. The van der Waals surface area contributed by atoms with Crippen LogP contribution in [0.15, 0.2) is 60.7 Å². The standard InChI is InChI=1S/C12H10.C2H7N.H2O/c1-3-7-11(8-4-1)12-9-5-2-6-10-12;1-3-2;/h1-10H;3H,1-2H3;1H2. The lowest BCUT2D eigenvalue weighted by molar-refractivity contribution is 0.824. The number of benzene rings is 2. The molecule has 0 atom stereocenters. The monoisotopic (exact) mass is 217 g/mol. The van der Waals surface area contributed by atoms with E-state index >= 15 is 0 Å². The summed E-state index contributed by atoms with van der Waals surface area (Å²) in [6.07, 6.45) is 0. The minimum atomic E-state index is 0. The van der Waals surface area contributed by atoms with E-state index in [9.17, 15) is 0 Å². The van der Waals surface area contributed by atoms with Crippen molar-refractivity contribution in [1.82, 2.24) is 5.32 Å². The Labute approximate surface area is 97.3 Å². The number of hydrogen-bond acceptors (Lipinski definition) is 1. The van der Waals surface area contributed by atoms with Crippen LogP contribution in [0.3, 0.4) is 0 Å². The first-order chi connectivity index (χ1) is 7.38. The molecule has 0 aliphatic carbocycles. The van der Waals surface area contributed by atoms with Crippen LogP contribution in [0, 0.1) is 0 Å². The fourth-order valence-corrected chi connectivity index (χ4v) is 1.26. The fraction of sp³-hybridized carbons (Fsp3) is 0.143. The first kappa shape index (κ1) is 14.4. The molecule has 0 spiro atoms. The van der Waals surface area contributed by atoms with Gasteiger partial charge in [0.25, 0.3) is 0 Å². The molecule has 0 saturated heterocycles. The molecule has 2 aromatic carbocycles. The topological polar surface area (TPSA) is 43.5 Å². The van der Waals surface area contributed by atoms with Gasteiger partial charge in [0.1, 0.15) is 0 Å². The third kappa shape index (κ3) is 4.73. The van der Waals surface area contributed by atoms with Gasteiger partial charge in [0.2, 0.25) is 0 Å². The number of nitrogens with one attached hydrogen (secondary N) is 1. The van der Waals surface area contributed by atoms with Crippen LogP contribution in [0.1, 0.15) is 0 Å². The van der Waals surface area contributed by atoms with Gasteiger partial charge in [0.05, 0.1) is 0 Å². The molecule has 0 amide bonds. The van der Waals surface area contributed by atoms with Crippen LogP contribution in [-0.4, -0.2) is 19.6 Å². The maximum Gasteiger partial charge on any atom is -0.0167 e. The molecule has 0 aliphatic heterocycles.